The summed E-state index contributed by atoms with van der Waals surface area (Å²) in [5.74, 6) is -1.45. The SMILES string of the molecule is Cc1ccc([C@]2(c3ccccc3)NC(=O)N(CC(=O)c3ccc(F)cc3)C2=O)cc1C. The van der Waals surface area contributed by atoms with Gasteiger partial charge in [-0.25, -0.2) is 9.18 Å². The van der Waals surface area contributed by atoms with Gasteiger partial charge in [0.15, 0.2) is 11.3 Å². The van der Waals surface area contributed by atoms with E-state index in [0.717, 1.165) is 16.0 Å². The normalized spacial score (nSPS) is 18.2. The first-order valence-electron chi connectivity index (χ1n) is 9.89. The predicted octanol–water partition coefficient (Wildman–Crippen LogP) is 4.12. The zero-order valence-electron chi connectivity index (χ0n) is 17.2. The third kappa shape index (κ3) is 3.50. The molecule has 0 radical (unpaired) electrons. The molecule has 0 aliphatic carbocycles. The number of Topliss-reactive ketones (excluding diaryl/α,β-unsaturated/α-hetero) is 1. The zero-order chi connectivity index (χ0) is 22.2. The van der Waals surface area contributed by atoms with E-state index in [-0.39, 0.29) is 5.56 Å². The number of halogens is 1. The first kappa shape index (κ1) is 20.5. The fourth-order valence-electron chi connectivity index (χ4n) is 3.81. The van der Waals surface area contributed by atoms with Crippen LogP contribution in [-0.2, 0) is 10.3 Å². The Morgan fingerprint density at radius 2 is 1.58 bits per heavy atom. The molecule has 3 aromatic carbocycles. The molecule has 6 heteroatoms. The quantitative estimate of drug-likeness (QED) is 0.503. The van der Waals surface area contributed by atoms with Crippen molar-refractivity contribution in [3.05, 3.63) is 106 Å². The van der Waals surface area contributed by atoms with Crippen LogP contribution in [0, 0.1) is 19.7 Å². The maximum Gasteiger partial charge on any atom is 0.325 e. The summed E-state index contributed by atoms with van der Waals surface area (Å²) < 4.78 is 13.2. The average Bonchev–Trinajstić information content (AvgIpc) is 3.02. The van der Waals surface area contributed by atoms with Crippen molar-refractivity contribution in [1.82, 2.24) is 10.2 Å². The molecule has 0 saturated carbocycles. The molecule has 1 N–H and O–H groups in total. The van der Waals surface area contributed by atoms with Gasteiger partial charge < -0.3 is 5.32 Å². The summed E-state index contributed by atoms with van der Waals surface area (Å²) in [5, 5.41) is 2.84. The Bertz CT molecular complexity index is 1180. The van der Waals surface area contributed by atoms with Gasteiger partial charge in [0.05, 0.1) is 6.54 Å². The number of amides is 3. The van der Waals surface area contributed by atoms with Crippen LogP contribution in [0.1, 0.15) is 32.6 Å². The van der Waals surface area contributed by atoms with Crippen LogP contribution >= 0.6 is 0 Å². The number of ketones is 1. The van der Waals surface area contributed by atoms with Gasteiger partial charge >= 0.3 is 6.03 Å². The number of aryl methyl sites for hydroxylation is 2. The van der Waals surface area contributed by atoms with Crippen molar-refractivity contribution in [1.29, 1.82) is 0 Å². The van der Waals surface area contributed by atoms with E-state index in [1.807, 2.05) is 38.1 Å². The van der Waals surface area contributed by atoms with E-state index in [1.165, 1.54) is 24.3 Å². The molecule has 0 spiro atoms. The molecule has 0 bridgehead atoms. The van der Waals surface area contributed by atoms with Crippen molar-refractivity contribution in [2.24, 2.45) is 0 Å². The van der Waals surface area contributed by atoms with Crippen LogP contribution in [0.15, 0.2) is 72.8 Å². The fourth-order valence-corrected chi connectivity index (χ4v) is 3.81. The first-order chi connectivity index (χ1) is 14.8. The molecule has 31 heavy (non-hydrogen) atoms. The van der Waals surface area contributed by atoms with E-state index in [9.17, 15) is 18.8 Å². The molecule has 1 aliphatic heterocycles. The van der Waals surface area contributed by atoms with Gasteiger partial charge in [0, 0.05) is 5.56 Å². The summed E-state index contributed by atoms with van der Waals surface area (Å²) in [6.45, 7) is 3.47. The summed E-state index contributed by atoms with van der Waals surface area (Å²) >= 11 is 0. The predicted molar refractivity (Wildman–Crippen MR) is 114 cm³/mol. The van der Waals surface area contributed by atoms with Gasteiger partial charge in [0.1, 0.15) is 5.82 Å². The van der Waals surface area contributed by atoms with E-state index in [0.29, 0.717) is 11.1 Å². The number of hydrogen-bond donors (Lipinski definition) is 1. The lowest BCUT2D eigenvalue weighted by Gasteiger charge is -2.28. The Morgan fingerprint density at radius 3 is 2.23 bits per heavy atom. The molecule has 1 fully saturated rings. The molecule has 5 nitrogen and oxygen atoms in total. The number of nitrogens with one attached hydrogen (secondary N) is 1. The second kappa shape index (κ2) is 7.80. The number of carbonyl (C=O) groups is 3. The number of urea groups is 1. The molecule has 1 saturated heterocycles. The monoisotopic (exact) mass is 416 g/mol. The topological polar surface area (TPSA) is 66.5 Å². The van der Waals surface area contributed by atoms with Gasteiger partial charge in [-0.15, -0.1) is 0 Å². The highest BCUT2D eigenvalue weighted by Crippen LogP contribution is 2.36. The molecule has 1 heterocycles. The standard InChI is InChI=1S/C25H21FN2O3/c1-16-8-11-20(14-17(16)2)25(19-6-4-3-5-7-19)23(30)28(24(31)27-25)15-22(29)18-9-12-21(26)13-10-18/h3-14H,15H2,1-2H3,(H,27,31)/t25-/m0/s1. The molecule has 156 valence electrons. The van der Waals surface area contributed by atoms with Crippen molar-refractivity contribution in [2.75, 3.05) is 6.54 Å². The van der Waals surface area contributed by atoms with Crippen LogP contribution in [-0.4, -0.2) is 29.2 Å². The van der Waals surface area contributed by atoms with Crippen molar-refractivity contribution >= 4 is 17.7 Å². The minimum Gasteiger partial charge on any atom is -0.315 e. The largest absolute Gasteiger partial charge is 0.325 e. The average molecular weight is 416 g/mol. The van der Waals surface area contributed by atoms with Crippen LogP contribution in [0.4, 0.5) is 9.18 Å². The summed E-state index contributed by atoms with van der Waals surface area (Å²) in [5.41, 5.74) is 2.07. The van der Waals surface area contributed by atoms with E-state index < -0.39 is 35.6 Å². The second-order valence-electron chi connectivity index (χ2n) is 7.67. The molecule has 3 aromatic rings. The number of nitrogens with zero attached hydrogens (tertiary/aromatic N) is 1. The minimum absolute atomic E-state index is 0.227. The Balaban J connectivity index is 1.76. The molecule has 0 unspecified atom stereocenters. The Kier molecular flexibility index (Phi) is 5.15. The smallest absolute Gasteiger partial charge is 0.315 e. The van der Waals surface area contributed by atoms with E-state index in [4.69, 9.17) is 0 Å². The number of carbonyl (C=O) groups excluding carboxylic acids is 3. The summed E-state index contributed by atoms with van der Waals surface area (Å²) in [7, 11) is 0. The summed E-state index contributed by atoms with van der Waals surface area (Å²) in [6, 6.07) is 18.9. The van der Waals surface area contributed by atoms with Crippen LogP contribution in [0.5, 0.6) is 0 Å². The van der Waals surface area contributed by atoms with Gasteiger partial charge in [0.25, 0.3) is 5.91 Å². The molecular formula is C25H21FN2O3. The lowest BCUT2D eigenvalue weighted by molar-refractivity contribution is -0.129. The molecule has 1 aliphatic rings. The lowest BCUT2D eigenvalue weighted by atomic mass is 9.81. The summed E-state index contributed by atoms with van der Waals surface area (Å²) in [4.78, 5) is 40.2. The van der Waals surface area contributed by atoms with Gasteiger partial charge in [-0.3, -0.25) is 14.5 Å². The second-order valence-corrected chi connectivity index (χ2v) is 7.67. The summed E-state index contributed by atoms with van der Waals surface area (Å²) in [6.07, 6.45) is 0. The van der Waals surface area contributed by atoms with Crippen LogP contribution in [0.3, 0.4) is 0 Å². The minimum atomic E-state index is -1.43. The van der Waals surface area contributed by atoms with Crippen LogP contribution in [0.2, 0.25) is 0 Å². The molecule has 0 aromatic heterocycles. The van der Waals surface area contributed by atoms with E-state index >= 15 is 0 Å². The molecular weight excluding hydrogens is 395 g/mol. The van der Waals surface area contributed by atoms with Gasteiger partial charge in [-0.2, -0.15) is 0 Å². The lowest BCUT2D eigenvalue weighted by Crippen LogP contribution is -2.45. The van der Waals surface area contributed by atoms with Gasteiger partial charge in [0.2, 0.25) is 0 Å². The molecule has 1 atom stereocenters. The number of benzene rings is 3. The highest BCUT2D eigenvalue weighted by atomic mass is 19.1. The highest BCUT2D eigenvalue weighted by molar-refractivity contribution is 6.13. The third-order valence-electron chi connectivity index (χ3n) is 5.72. The number of hydrogen-bond acceptors (Lipinski definition) is 3. The van der Waals surface area contributed by atoms with E-state index in [2.05, 4.69) is 5.32 Å². The fraction of sp³-hybridized carbons (Fsp3) is 0.160. The van der Waals surface area contributed by atoms with Gasteiger partial charge in [-0.05, 0) is 60.4 Å². The third-order valence-corrected chi connectivity index (χ3v) is 5.72. The maximum absolute atomic E-state index is 13.7. The zero-order valence-corrected chi connectivity index (χ0v) is 17.2. The van der Waals surface area contributed by atoms with Crippen molar-refractivity contribution in [3.63, 3.8) is 0 Å². The van der Waals surface area contributed by atoms with Crippen molar-refractivity contribution < 1.29 is 18.8 Å². The van der Waals surface area contributed by atoms with E-state index in [1.54, 1.807) is 24.3 Å². The highest BCUT2D eigenvalue weighted by Gasteiger charge is 2.54. The number of rotatable bonds is 5. The Morgan fingerprint density at radius 1 is 0.903 bits per heavy atom. The first-order valence-corrected chi connectivity index (χ1v) is 9.89. The molecule has 3 amide bonds. The molecule has 4 rings (SSSR count). The Hall–Kier alpha value is -3.80. The van der Waals surface area contributed by atoms with Crippen molar-refractivity contribution in [2.45, 2.75) is 19.4 Å². The van der Waals surface area contributed by atoms with Crippen LogP contribution in [0.25, 0.3) is 0 Å². The van der Waals surface area contributed by atoms with Crippen LogP contribution < -0.4 is 5.32 Å². The van der Waals surface area contributed by atoms with Gasteiger partial charge in [-0.1, -0.05) is 48.5 Å². The van der Waals surface area contributed by atoms with Crippen molar-refractivity contribution in [3.8, 4) is 0 Å². The Labute approximate surface area is 179 Å². The maximum atomic E-state index is 13.7. The number of imide groups is 1.